The number of aliphatic hydroxyl groups is 1. The Morgan fingerprint density at radius 1 is 1.06 bits per heavy atom. The number of nitrogens with zero attached hydrogens (tertiary/aromatic N) is 2. The highest BCUT2D eigenvalue weighted by Crippen LogP contribution is 2.42. The van der Waals surface area contributed by atoms with Gasteiger partial charge in [-0.3, -0.25) is 19.5 Å². The number of carbonyl (C=O) groups excluding carboxylic acids is 2. The first-order valence-corrected chi connectivity index (χ1v) is 10.4. The second-order valence-corrected chi connectivity index (χ2v) is 7.68. The summed E-state index contributed by atoms with van der Waals surface area (Å²) in [5, 5.41) is 11.2. The number of pyridine rings is 1. The number of ketones is 1. The number of Topliss-reactive ketones (excluding diaryl/α,β-unsaturated/α-hetero) is 1. The zero-order valence-electron chi connectivity index (χ0n) is 18.2. The highest BCUT2D eigenvalue weighted by atomic mass is 16.5. The van der Waals surface area contributed by atoms with Crippen LogP contribution in [0.1, 0.15) is 35.2 Å². The van der Waals surface area contributed by atoms with Gasteiger partial charge in [-0.2, -0.15) is 0 Å². The topological polar surface area (TPSA) is 79.7 Å². The molecular weight excluding hydrogens is 404 g/mol. The molecule has 6 nitrogen and oxygen atoms in total. The van der Waals surface area contributed by atoms with Crippen molar-refractivity contribution in [2.24, 2.45) is 0 Å². The fraction of sp³-hybridized carbons (Fsp3) is 0.192. The van der Waals surface area contributed by atoms with Crippen molar-refractivity contribution in [2.45, 2.75) is 26.8 Å². The van der Waals surface area contributed by atoms with Crippen LogP contribution in [0.5, 0.6) is 5.75 Å². The SMILES string of the molecule is CCOc1ccc(N2C(=O)C(=O)/C(=C(\O)c3ccc(C)c(C)c3)C2c2cccnc2)cc1. The van der Waals surface area contributed by atoms with Crippen LogP contribution in [0.25, 0.3) is 5.76 Å². The van der Waals surface area contributed by atoms with Crippen LogP contribution in [-0.2, 0) is 9.59 Å². The molecule has 0 bridgehead atoms. The van der Waals surface area contributed by atoms with Crippen molar-refractivity contribution in [3.63, 3.8) is 0 Å². The van der Waals surface area contributed by atoms with E-state index in [0.29, 0.717) is 29.2 Å². The Hall–Kier alpha value is -3.93. The number of hydrogen-bond acceptors (Lipinski definition) is 5. The van der Waals surface area contributed by atoms with E-state index < -0.39 is 17.7 Å². The van der Waals surface area contributed by atoms with E-state index in [1.54, 1.807) is 54.9 Å². The van der Waals surface area contributed by atoms with Gasteiger partial charge < -0.3 is 9.84 Å². The molecule has 0 saturated carbocycles. The van der Waals surface area contributed by atoms with Crippen molar-refractivity contribution >= 4 is 23.1 Å². The Morgan fingerprint density at radius 2 is 1.81 bits per heavy atom. The first-order valence-electron chi connectivity index (χ1n) is 10.4. The number of aryl methyl sites for hydroxylation is 2. The number of aromatic nitrogens is 1. The van der Waals surface area contributed by atoms with Gasteiger partial charge in [-0.25, -0.2) is 0 Å². The van der Waals surface area contributed by atoms with Gasteiger partial charge in [-0.1, -0.05) is 18.2 Å². The molecule has 1 unspecified atom stereocenters. The zero-order valence-corrected chi connectivity index (χ0v) is 18.2. The molecule has 0 radical (unpaired) electrons. The van der Waals surface area contributed by atoms with Gasteiger partial charge in [-0.05, 0) is 73.9 Å². The number of carbonyl (C=O) groups is 2. The standard InChI is InChI=1S/C26H24N2O4/c1-4-32-21-11-9-20(10-12-21)28-23(19-6-5-13-27-15-19)22(25(30)26(28)31)24(29)18-8-7-16(2)17(3)14-18/h5-15,23,29H,4H2,1-3H3/b24-22-. The van der Waals surface area contributed by atoms with Crippen LogP contribution in [-0.4, -0.2) is 28.4 Å². The summed E-state index contributed by atoms with van der Waals surface area (Å²) in [5.74, 6) is -0.966. The van der Waals surface area contributed by atoms with Gasteiger partial charge in [0.15, 0.2) is 0 Å². The minimum absolute atomic E-state index is 0.0418. The molecule has 0 spiro atoms. The fourth-order valence-electron chi connectivity index (χ4n) is 3.87. The Kier molecular flexibility index (Phi) is 5.77. The van der Waals surface area contributed by atoms with Gasteiger partial charge in [-0.15, -0.1) is 0 Å². The predicted molar refractivity (Wildman–Crippen MR) is 123 cm³/mol. The van der Waals surface area contributed by atoms with E-state index in [1.807, 2.05) is 32.9 Å². The second kappa shape index (κ2) is 8.67. The Morgan fingerprint density at radius 3 is 2.44 bits per heavy atom. The lowest BCUT2D eigenvalue weighted by Crippen LogP contribution is -2.29. The molecule has 1 aliphatic rings. The van der Waals surface area contributed by atoms with Crippen molar-refractivity contribution in [1.29, 1.82) is 0 Å². The molecule has 1 N–H and O–H groups in total. The molecule has 32 heavy (non-hydrogen) atoms. The minimum Gasteiger partial charge on any atom is -0.507 e. The number of benzene rings is 2. The summed E-state index contributed by atoms with van der Waals surface area (Å²) >= 11 is 0. The molecule has 0 aliphatic carbocycles. The summed E-state index contributed by atoms with van der Waals surface area (Å²) in [7, 11) is 0. The molecule has 6 heteroatoms. The number of aliphatic hydroxyl groups excluding tert-OH is 1. The monoisotopic (exact) mass is 428 g/mol. The van der Waals surface area contributed by atoms with Gasteiger partial charge in [0.05, 0.1) is 18.2 Å². The van der Waals surface area contributed by atoms with Crippen molar-refractivity contribution in [1.82, 2.24) is 4.98 Å². The molecule has 4 rings (SSSR count). The van der Waals surface area contributed by atoms with E-state index in [0.717, 1.165) is 11.1 Å². The predicted octanol–water partition coefficient (Wildman–Crippen LogP) is 4.72. The van der Waals surface area contributed by atoms with Gasteiger partial charge in [0, 0.05) is 23.6 Å². The van der Waals surface area contributed by atoms with Crippen molar-refractivity contribution in [3.05, 3.63) is 94.8 Å². The van der Waals surface area contributed by atoms with Crippen molar-refractivity contribution in [3.8, 4) is 5.75 Å². The molecular formula is C26H24N2O4. The van der Waals surface area contributed by atoms with Crippen LogP contribution in [0, 0.1) is 13.8 Å². The van der Waals surface area contributed by atoms with E-state index >= 15 is 0 Å². The summed E-state index contributed by atoms with van der Waals surface area (Å²) in [5.41, 5.74) is 3.74. The quantitative estimate of drug-likeness (QED) is 0.361. The largest absolute Gasteiger partial charge is 0.507 e. The van der Waals surface area contributed by atoms with Crippen molar-refractivity contribution < 1.29 is 19.4 Å². The maximum absolute atomic E-state index is 13.2. The molecule has 2 aromatic carbocycles. The Bertz CT molecular complexity index is 1200. The Balaban J connectivity index is 1.88. The molecule has 1 amide bonds. The first-order chi connectivity index (χ1) is 15.4. The first kappa shape index (κ1) is 21.3. The third kappa shape index (κ3) is 3.75. The number of amides is 1. The number of hydrogen-bond donors (Lipinski definition) is 1. The highest BCUT2D eigenvalue weighted by Gasteiger charge is 2.47. The minimum atomic E-state index is -0.803. The summed E-state index contributed by atoms with van der Waals surface area (Å²) in [4.78, 5) is 31.9. The average molecular weight is 428 g/mol. The summed E-state index contributed by atoms with van der Waals surface area (Å²) in [6.45, 7) is 6.32. The summed E-state index contributed by atoms with van der Waals surface area (Å²) in [6.07, 6.45) is 3.22. The highest BCUT2D eigenvalue weighted by molar-refractivity contribution is 6.51. The molecule has 162 valence electrons. The third-order valence-corrected chi connectivity index (χ3v) is 5.65. The lowest BCUT2D eigenvalue weighted by Gasteiger charge is -2.25. The molecule has 1 fully saturated rings. The van der Waals surface area contributed by atoms with Crippen LogP contribution >= 0.6 is 0 Å². The van der Waals surface area contributed by atoms with Crippen LogP contribution in [0.3, 0.4) is 0 Å². The maximum atomic E-state index is 13.2. The second-order valence-electron chi connectivity index (χ2n) is 7.68. The van der Waals surface area contributed by atoms with Crippen molar-refractivity contribution in [2.75, 3.05) is 11.5 Å². The Labute approximate surface area is 186 Å². The lowest BCUT2D eigenvalue weighted by molar-refractivity contribution is -0.132. The van der Waals surface area contributed by atoms with Gasteiger partial charge in [0.2, 0.25) is 0 Å². The van der Waals surface area contributed by atoms with Gasteiger partial charge in [0.25, 0.3) is 11.7 Å². The summed E-state index contributed by atoms with van der Waals surface area (Å²) in [6, 6.07) is 15.1. The van der Waals surface area contributed by atoms with E-state index in [9.17, 15) is 14.7 Å². The summed E-state index contributed by atoms with van der Waals surface area (Å²) < 4.78 is 5.49. The van der Waals surface area contributed by atoms with E-state index in [1.165, 1.54) is 4.90 Å². The number of rotatable bonds is 5. The van der Waals surface area contributed by atoms with Crippen LogP contribution in [0.4, 0.5) is 5.69 Å². The van der Waals surface area contributed by atoms with E-state index in [2.05, 4.69) is 4.98 Å². The molecule has 1 aromatic heterocycles. The van der Waals surface area contributed by atoms with Crippen LogP contribution < -0.4 is 9.64 Å². The van der Waals surface area contributed by atoms with Gasteiger partial charge >= 0.3 is 0 Å². The molecule has 1 atom stereocenters. The maximum Gasteiger partial charge on any atom is 0.300 e. The van der Waals surface area contributed by atoms with Crippen LogP contribution in [0.15, 0.2) is 72.6 Å². The van der Waals surface area contributed by atoms with E-state index in [4.69, 9.17) is 4.74 Å². The smallest absolute Gasteiger partial charge is 0.300 e. The van der Waals surface area contributed by atoms with E-state index in [-0.39, 0.29) is 11.3 Å². The third-order valence-electron chi connectivity index (χ3n) is 5.65. The number of anilines is 1. The lowest BCUT2D eigenvalue weighted by atomic mass is 9.95. The number of ether oxygens (including phenoxy) is 1. The molecule has 2 heterocycles. The molecule has 1 aliphatic heterocycles. The average Bonchev–Trinajstić information content (AvgIpc) is 3.07. The fourth-order valence-corrected chi connectivity index (χ4v) is 3.87. The molecule has 1 saturated heterocycles. The van der Waals surface area contributed by atoms with Gasteiger partial charge in [0.1, 0.15) is 11.5 Å². The zero-order chi connectivity index (χ0) is 22.8. The normalized spacial score (nSPS) is 17.6. The molecule has 3 aromatic rings. The van der Waals surface area contributed by atoms with Crippen LogP contribution in [0.2, 0.25) is 0 Å².